The summed E-state index contributed by atoms with van der Waals surface area (Å²) in [7, 11) is 0. The minimum absolute atomic E-state index is 0.911. The van der Waals surface area contributed by atoms with Crippen LogP contribution in [-0.4, -0.2) is 0 Å². The Labute approximate surface area is 115 Å². The summed E-state index contributed by atoms with van der Waals surface area (Å²) in [6.45, 7) is 2.09. The molecule has 96 valence electrons. The van der Waals surface area contributed by atoms with Crippen LogP contribution in [0, 0.1) is 6.92 Å². The summed E-state index contributed by atoms with van der Waals surface area (Å²) in [5, 5.41) is 0. The van der Waals surface area contributed by atoms with Crippen LogP contribution in [0.15, 0.2) is 72.9 Å². The molecule has 2 rings (SSSR count). The van der Waals surface area contributed by atoms with Crippen molar-refractivity contribution in [3.63, 3.8) is 0 Å². The van der Waals surface area contributed by atoms with Gasteiger partial charge in [-0.25, -0.2) is 0 Å². The van der Waals surface area contributed by atoms with Gasteiger partial charge in [-0.1, -0.05) is 66.2 Å². The van der Waals surface area contributed by atoms with E-state index in [0.29, 0.717) is 0 Å². The number of hydrogen-bond donors (Lipinski definition) is 1. The van der Waals surface area contributed by atoms with E-state index in [1.54, 1.807) is 6.20 Å². The molecule has 1 nitrogen and oxygen atoms in total. The lowest BCUT2D eigenvalue weighted by atomic mass is 10.0. The smallest absolute Gasteiger partial charge is 0.00563 e. The Kier molecular flexibility index (Phi) is 4.57. The first-order chi connectivity index (χ1) is 9.29. The molecule has 19 heavy (non-hydrogen) atoms. The van der Waals surface area contributed by atoms with Crippen molar-refractivity contribution in [3.05, 3.63) is 89.6 Å². The first kappa shape index (κ1) is 13.2. The lowest BCUT2D eigenvalue weighted by molar-refractivity contribution is 1.27. The van der Waals surface area contributed by atoms with Crippen molar-refractivity contribution in [1.29, 1.82) is 0 Å². The third-order valence-electron chi connectivity index (χ3n) is 3.06. The lowest BCUT2D eigenvalue weighted by Gasteiger charge is -2.04. The maximum Gasteiger partial charge on any atom is -0.00563 e. The molecule has 0 spiro atoms. The van der Waals surface area contributed by atoms with Gasteiger partial charge in [-0.15, -0.1) is 0 Å². The Hall–Kier alpha value is -2.28. The summed E-state index contributed by atoms with van der Waals surface area (Å²) < 4.78 is 0. The molecule has 2 N–H and O–H groups in total. The molecule has 0 amide bonds. The number of aryl methyl sites for hydroxylation is 1. The van der Waals surface area contributed by atoms with Gasteiger partial charge in [0, 0.05) is 0 Å². The quantitative estimate of drug-likeness (QED) is 0.811. The Morgan fingerprint density at radius 2 is 1.68 bits per heavy atom. The zero-order valence-electron chi connectivity index (χ0n) is 11.2. The summed E-state index contributed by atoms with van der Waals surface area (Å²) in [6.07, 6.45) is 6.67. The number of allylic oxidation sites excluding steroid dienone is 3. The van der Waals surface area contributed by atoms with Gasteiger partial charge in [0.25, 0.3) is 0 Å². The van der Waals surface area contributed by atoms with Crippen LogP contribution in [0.3, 0.4) is 0 Å². The molecule has 0 radical (unpaired) electrons. The molecule has 0 aliphatic heterocycles. The number of hydrogen-bond acceptors (Lipinski definition) is 1. The van der Waals surface area contributed by atoms with Crippen LogP contribution in [0.4, 0.5) is 0 Å². The van der Waals surface area contributed by atoms with Gasteiger partial charge in [-0.3, -0.25) is 0 Å². The highest BCUT2D eigenvalue weighted by Gasteiger charge is 1.98. The van der Waals surface area contributed by atoms with Crippen molar-refractivity contribution in [2.45, 2.75) is 13.3 Å². The molecular formula is C18H19N. The van der Waals surface area contributed by atoms with E-state index in [4.69, 9.17) is 5.73 Å². The zero-order chi connectivity index (χ0) is 13.5. The third-order valence-corrected chi connectivity index (χ3v) is 3.06. The van der Waals surface area contributed by atoms with Crippen molar-refractivity contribution in [2.24, 2.45) is 5.73 Å². The van der Waals surface area contributed by atoms with Gasteiger partial charge in [0.1, 0.15) is 0 Å². The van der Waals surface area contributed by atoms with Gasteiger partial charge in [0.2, 0.25) is 0 Å². The predicted molar refractivity (Wildman–Crippen MR) is 82.6 cm³/mol. The van der Waals surface area contributed by atoms with Crippen molar-refractivity contribution in [2.75, 3.05) is 0 Å². The maximum absolute atomic E-state index is 5.54. The molecule has 0 atom stereocenters. The molecule has 0 aliphatic carbocycles. The van der Waals surface area contributed by atoms with Gasteiger partial charge in [0.05, 0.1) is 0 Å². The van der Waals surface area contributed by atoms with Crippen molar-refractivity contribution < 1.29 is 0 Å². The van der Waals surface area contributed by atoms with Gasteiger partial charge in [-0.05, 0) is 42.3 Å². The van der Waals surface area contributed by atoms with Crippen LogP contribution < -0.4 is 5.73 Å². The van der Waals surface area contributed by atoms with Gasteiger partial charge < -0.3 is 5.73 Å². The summed E-state index contributed by atoms with van der Waals surface area (Å²) >= 11 is 0. The van der Waals surface area contributed by atoms with E-state index in [9.17, 15) is 0 Å². The minimum atomic E-state index is 0.911. The molecule has 0 bridgehead atoms. The highest BCUT2D eigenvalue weighted by molar-refractivity contribution is 5.74. The highest BCUT2D eigenvalue weighted by Crippen LogP contribution is 2.17. The van der Waals surface area contributed by atoms with E-state index in [-0.39, 0.29) is 0 Å². The average molecular weight is 249 g/mol. The maximum atomic E-state index is 5.54. The van der Waals surface area contributed by atoms with E-state index < -0.39 is 0 Å². The van der Waals surface area contributed by atoms with Crippen LogP contribution in [0.25, 0.3) is 5.57 Å². The average Bonchev–Trinajstić information content (AvgIpc) is 2.46. The SMILES string of the molecule is Cc1ccc(C(/C=C\N)=C/Cc2ccccc2)cc1. The number of nitrogens with two attached hydrogens (primary N) is 1. The third kappa shape index (κ3) is 3.85. The molecule has 0 aromatic heterocycles. The van der Waals surface area contributed by atoms with Crippen LogP contribution in [-0.2, 0) is 6.42 Å². The monoisotopic (exact) mass is 249 g/mol. The molecule has 1 heteroatoms. The Balaban J connectivity index is 2.22. The summed E-state index contributed by atoms with van der Waals surface area (Å²) in [4.78, 5) is 0. The molecule has 0 aliphatic rings. The first-order valence-corrected chi connectivity index (χ1v) is 6.49. The van der Waals surface area contributed by atoms with Crippen molar-refractivity contribution in [3.8, 4) is 0 Å². The van der Waals surface area contributed by atoms with Crippen LogP contribution in [0.1, 0.15) is 16.7 Å². The molecule has 2 aromatic carbocycles. The molecule has 0 saturated heterocycles. The fourth-order valence-corrected chi connectivity index (χ4v) is 1.97. The second kappa shape index (κ2) is 6.60. The second-order valence-electron chi connectivity index (χ2n) is 4.57. The number of benzene rings is 2. The predicted octanol–water partition coefficient (Wildman–Crippen LogP) is 4.09. The van der Waals surface area contributed by atoms with Crippen LogP contribution in [0.2, 0.25) is 0 Å². The fraction of sp³-hybridized carbons (Fsp3) is 0.111. The molecule has 0 fully saturated rings. The normalized spacial score (nSPS) is 11.9. The first-order valence-electron chi connectivity index (χ1n) is 6.49. The zero-order valence-corrected chi connectivity index (χ0v) is 11.2. The van der Waals surface area contributed by atoms with E-state index in [2.05, 4.69) is 61.5 Å². The Bertz CT molecular complexity index is 562. The highest BCUT2D eigenvalue weighted by atomic mass is 14.5. The summed E-state index contributed by atoms with van der Waals surface area (Å²) in [5.74, 6) is 0. The van der Waals surface area contributed by atoms with E-state index in [1.165, 1.54) is 16.7 Å². The van der Waals surface area contributed by atoms with Gasteiger partial charge in [0.15, 0.2) is 0 Å². The van der Waals surface area contributed by atoms with E-state index in [1.807, 2.05) is 12.1 Å². The summed E-state index contributed by atoms with van der Waals surface area (Å²) in [5.41, 5.74) is 10.5. The lowest BCUT2D eigenvalue weighted by Crippen LogP contribution is -1.87. The molecule has 0 unspecified atom stereocenters. The van der Waals surface area contributed by atoms with Gasteiger partial charge >= 0.3 is 0 Å². The molecule has 0 saturated carbocycles. The summed E-state index contributed by atoms with van der Waals surface area (Å²) in [6, 6.07) is 18.9. The van der Waals surface area contributed by atoms with E-state index in [0.717, 1.165) is 12.0 Å². The van der Waals surface area contributed by atoms with Crippen LogP contribution >= 0.6 is 0 Å². The molecule has 2 aromatic rings. The standard InChI is InChI=1S/C18H19N/c1-15-7-10-17(11-8-15)18(13-14-19)12-9-16-5-3-2-4-6-16/h2-8,10-14H,9,19H2,1H3/b14-13-,18-12+. The van der Waals surface area contributed by atoms with Crippen LogP contribution in [0.5, 0.6) is 0 Å². The second-order valence-corrected chi connectivity index (χ2v) is 4.57. The largest absolute Gasteiger partial charge is 0.405 e. The minimum Gasteiger partial charge on any atom is -0.405 e. The molecule has 0 heterocycles. The number of rotatable bonds is 4. The molecular weight excluding hydrogens is 230 g/mol. The van der Waals surface area contributed by atoms with Crippen molar-refractivity contribution in [1.82, 2.24) is 0 Å². The van der Waals surface area contributed by atoms with Crippen molar-refractivity contribution >= 4 is 5.57 Å². The van der Waals surface area contributed by atoms with E-state index >= 15 is 0 Å². The topological polar surface area (TPSA) is 26.0 Å². The Morgan fingerprint density at radius 1 is 1.00 bits per heavy atom. The Morgan fingerprint density at radius 3 is 2.32 bits per heavy atom. The van der Waals surface area contributed by atoms with Gasteiger partial charge in [-0.2, -0.15) is 0 Å². The fourth-order valence-electron chi connectivity index (χ4n) is 1.97.